The molecule has 108 valence electrons. The lowest BCUT2D eigenvalue weighted by molar-refractivity contribution is 0.906. The number of aryl methyl sites for hydroxylation is 3. The van der Waals surface area contributed by atoms with Gasteiger partial charge < -0.3 is 9.13 Å². The molecule has 0 amide bonds. The zero-order valence-electron chi connectivity index (χ0n) is 12.9. The Labute approximate surface area is 129 Å². The molecule has 2 nitrogen and oxygen atoms in total. The van der Waals surface area contributed by atoms with Crippen molar-refractivity contribution in [3.8, 4) is 0 Å². The second-order valence-electron chi connectivity index (χ2n) is 6.30. The molecule has 4 aromatic rings. The van der Waals surface area contributed by atoms with E-state index in [1.54, 1.807) is 0 Å². The zero-order chi connectivity index (χ0) is 14.8. The van der Waals surface area contributed by atoms with Gasteiger partial charge in [0.2, 0.25) is 0 Å². The predicted molar refractivity (Wildman–Crippen MR) is 94.3 cm³/mol. The van der Waals surface area contributed by atoms with E-state index in [4.69, 9.17) is 0 Å². The fourth-order valence-corrected chi connectivity index (χ4v) is 4.19. The van der Waals surface area contributed by atoms with E-state index in [0.29, 0.717) is 0 Å². The molecule has 22 heavy (non-hydrogen) atoms. The topological polar surface area (TPSA) is 9.86 Å². The van der Waals surface area contributed by atoms with E-state index in [9.17, 15) is 0 Å². The summed E-state index contributed by atoms with van der Waals surface area (Å²) in [6, 6.07) is 13.3. The van der Waals surface area contributed by atoms with Crippen LogP contribution in [-0.4, -0.2) is 9.13 Å². The zero-order valence-corrected chi connectivity index (χ0v) is 12.9. The minimum atomic E-state index is 1.15. The van der Waals surface area contributed by atoms with Crippen LogP contribution in [0, 0.1) is 0 Å². The molecule has 5 rings (SSSR count). The number of rotatable bonds is 0. The van der Waals surface area contributed by atoms with Gasteiger partial charge in [-0.1, -0.05) is 36.4 Å². The van der Waals surface area contributed by atoms with Crippen LogP contribution in [0.15, 0.2) is 42.5 Å². The highest BCUT2D eigenvalue weighted by molar-refractivity contribution is 6.17. The molecule has 0 radical (unpaired) electrons. The van der Waals surface area contributed by atoms with Crippen LogP contribution in [0.3, 0.4) is 0 Å². The molecule has 0 atom stereocenters. The molecule has 2 aromatic heterocycles. The minimum absolute atomic E-state index is 1.15. The van der Waals surface area contributed by atoms with Crippen LogP contribution >= 0.6 is 0 Å². The summed E-state index contributed by atoms with van der Waals surface area (Å²) < 4.78 is 4.73. The van der Waals surface area contributed by atoms with Crippen LogP contribution in [0.25, 0.3) is 38.8 Å². The summed E-state index contributed by atoms with van der Waals surface area (Å²) in [6.07, 6.45) is 6.88. The number of para-hydroxylation sites is 1. The summed E-state index contributed by atoms with van der Waals surface area (Å²) in [5.74, 6) is 0. The van der Waals surface area contributed by atoms with Gasteiger partial charge in [0.15, 0.2) is 0 Å². The fraction of sp³-hybridized carbons (Fsp3) is 0.200. The highest BCUT2D eigenvalue weighted by Crippen LogP contribution is 2.38. The SMILES string of the molecule is Cn1c2c(c3ccc4c5ccccc5n(C)c4c31)CCC=C2. The summed E-state index contributed by atoms with van der Waals surface area (Å²) >= 11 is 0. The first-order valence-corrected chi connectivity index (χ1v) is 7.91. The number of fused-ring (bicyclic) bond motifs is 7. The van der Waals surface area contributed by atoms with Crippen LogP contribution in [0.5, 0.6) is 0 Å². The average molecular weight is 286 g/mol. The minimum Gasteiger partial charge on any atom is -0.342 e. The van der Waals surface area contributed by atoms with E-state index in [1.165, 1.54) is 44.0 Å². The largest absolute Gasteiger partial charge is 0.342 e. The lowest BCUT2D eigenvalue weighted by Gasteiger charge is -2.06. The quantitative estimate of drug-likeness (QED) is 0.440. The molecule has 2 aromatic carbocycles. The summed E-state index contributed by atoms with van der Waals surface area (Å²) in [7, 11) is 4.39. The Kier molecular flexibility index (Phi) is 2.22. The second kappa shape index (κ2) is 4.04. The van der Waals surface area contributed by atoms with Gasteiger partial charge in [0.05, 0.1) is 11.0 Å². The Balaban J connectivity index is 2.09. The van der Waals surface area contributed by atoms with Crippen molar-refractivity contribution in [3.63, 3.8) is 0 Å². The summed E-state index contributed by atoms with van der Waals surface area (Å²) in [5.41, 5.74) is 6.91. The molecule has 0 saturated heterocycles. The lowest BCUT2D eigenvalue weighted by atomic mass is 10.00. The predicted octanol–water partition coefficient (Wildman–Crippen LogP) is 4.78. The Morgan fingerprint density at radius 3 is 2.50 bits per heavy atom. The lowest BCUT2D eigenvalue weighted by Crippen LogP contribution is -1.97. The summed E-state index contributed by atoms with van der Waals surface area (Å²) in [4.78, 5) is 0. The average Bonchev–Trinajstić information content (AvgIpc) is 3.02. The highest BCUT2D eigenvalue weighted by atomic mass is 15.0. The van der Waals surface area contributed by atoms with Crippen molar-refractivity contribution in [2.24, 2.45) is 14.1 Å². The molecule has 0 bridgehead atoms. The number of aromatic nitrogens is 2. The summed E-state index contributed by atoms with van der Waals surface area (Å²) in [5, 5.41) is 4.12. The van der Waals surface area contributed by atoms with E-state index in [2.05, 4.69) is 71.8 Å². The van der Waals surface area contributed by atoms with E-state index >= 15 is 0 Å². The Morgan fingerprint density at radius 2 is 1.59 bits per heavy atom. The van der Waals surface area contributed by atoms with Crippen LogP contribution in [-0.2, 0) is 20.5 Å². The van der Waals surface area contributed by atoms with E-state index in [1.807, 2.05) is 0 Å². The van der Waals surface area contributed by atoms with Gasteiger partial charge in [0.25, 0.3) is 0 Å². The number of hydrogen-bond donors (Lipinski definition) is 0. The van der Waals surface area contributed by atoms with Crippen molar-refractivity contribution < 1.29 is 0 Å². The van der Waals surface area contributed by atoms with E-state index < -0.39 is 0 Å². The number of nitrogens with zero attached hydrogens (tertiary/aromatic N) is 2. The first kappa shape index (κ1) is 12.1. The van der Waals surface area contributed by atoms with Gasteiger partial charge in [-0.2, -0.15) is 0 Å². The van der Waals surface area contributed by atoms with Gasteiger partial charge in [-0.25, -0.2) is 0 Å². The summed E-state index contributed by atoms with van der Waals surface area (Å²) in [6.45, 7) is 0. The highest BCUT2D eigenvalue weighted by Gasteiger charge is 2.19. The molecule has 2 heteroatoms. The van der Waals surface area contributed by atoms with Gasteiger partial charge in [-0.3, -0.25) is 0 Å². The second-order valence-corrected chi connectivity index (χ2v) is 6.30. The third-order valence-corrected chi connectivity index (χ3v) is 5.21. The first-order chi connectivity index (χ1) is 10.8. The van der Waals surface area contributed by atoms with Crippen molar-refractivity contribution >= 4 is 38.8 Å². The van der Waals surface area contributed by atoms with Gasteiger partial charge in [-0.15, -0.1) is 0 Å². The van der Waals surface area contributed by atoms with Crippen molar-refractivity contribution in [2.45, 2.75) is 12.8 Å². The smallest absolute Gasteiger partial charge is 0.0736 e. The first-order valence-electron chi connectivity index (χ1n) is 7.91. The van der Waals surface area contributed by atoms with Crippen molar-refractivity contribution in [1.29, 1.82) is 0 Å². The van der Waals surface area contributed by atoms with E-state index in [-0.39, 0.29) is 0 Å². The normalized spacial score (nSPS) is 14.3. The molecule has 0 aliphatic heterocycles. The van der Waals surface area contributed by atoms with Crippen LogP contribution in [0.2, 0.25) is 0 Å². The van der Waals surface area contributed by atoms with Gasteiger partial charge in [0, 0.05) is 41.5 Å². The maximum atomic E-state index is 2.38. The Bertz CT molecular complexity index is 1090. The van der Waals surface area contributed by atoms with Crippen LogP contribution < -0.4 is 0 Å². The molecule has 2 heterocycles. The molecular formula is C20H18N2. The maximum absolute atomic E-state index is 2.38. The third kappa shape index (κ3) is 1.31. The number of benzene rings is 2. The molecule has 1 aliphatic rings. The third-order valence-electron chi connectivity index (χ3n) is 5.21. The number of hydrogen-bond acceptors (Lipinski definition) is 0. The van der Waals surface area contributed by atoms with Crippen LogP contribution in [0.4, 0.5) is 0 Å². The van der Waals surface area contributed by atoms with Crippen LogP contribution in [0.1, 0.15) is 17.7 Å². The molecule has 1 aliphatic carbocycles. The van der Waals surface area contributed by atoms with Gasteiger partial charge in [0.1, 0.15) is 0 Å². The maximum Gasteiger partial charge on any atom is 0.0736 e. The molecule has 0 spiro atoms. The number of allylic oxidation sites excluding steroid dienone is 1. The van der Waals surface area contributed by atoms with Crippen molar-refractivity contribution in [1.82, 2.24) is 9.13 Å². The Hall–Kier alpha value is -2.48. The van der Waals surface area contributed by atoms with Crippen molar-refractivity contribution in [2.75, 3.05) is 0 Å². The molecule has 0 N–H and O–H groups in total. The molecule has 0 fully saturated rings. The van der Waals surface area contributed by atoms with Crippen molar-refractivity contribution in [3.05, 3.63) is 53.7 Å². The molecule has 0 unspecified atom stereocenters. The fourth-order valence-electron chi connectivity index (χ4n) is 4.19. The monoisotopic (exact) mass is 286 g/mol. The van der Waals surface area contributed by atoms with Gasteiger partial charge in [-0.05, 0) is 30.5 Å². The molecular weight excluding hydrogens is 268 g/mol. The molecule has 0 saturated carbocycles. The van der Waals surface area contributed by atoms with E-state index in [0.717, 1.165) is 12.8 Å². The standard InChI is InChI=1S/C20H18N2/c1-21-17-9-5-3-7-13(17)15-11-12-16-14-8-4-6-10-18(14)22(2)20(16)19(15)21/h3,5-7,9-12H,4,8H2,1-2H3. The van der Waals surface area contributed by atoms with Gasteiger partial charge >= 0.3 is 0 Å². The Morgan fingerprint density at radius 1 is 0.818 bits per heavy atom.